The number of hydrazone groups is 1. The van der Waals surface area contributed by atoms with Gasteiger partial charge in [-0.25, -0.2) is 4.39 Å². The predicted molar refractivity (Wildman–Crippen MR) is 63.7 cm³/mol. The highest BCUT2D eigenvalue weighted by Gasteiger charge is 2.17. The first-order valence-corrected chi connectivity index (χ1v) is 4.66. The van der Waals surface area contributed by atoms with Crippen molar-refractivity contribution >= 4 is 36.1 Å². The fourth-order valence-electron chi connectivity index (χ4n) is 1.08. The molecule has 0 fully saturated rings. The van der Waals surface area contributed by atoms with Gasteiger partial charge in [0.25, 0.3) is 0 Å². The van der Waals surface area contributed by atoms with E-state index in [2.05, 4.69) is 22.7 Å². The van der Waals surface area contributed by atoms with Crippen LogP contribution in [0.25, 0.3) is 0 Å². The first-order valence-electron chi connectivity index (χ1n) is 4.25. The number of nitrogens with zero attached hydrogens (tertiary/aromatic N) is 1. The van der Waals surface area contributed by atoms with Gasteiger partial charge in [-0.1, -0.05) is 12.1 Å². The van der Waals surface area contributed by atoms with Gasteiger partial charge in [0, 0.05) is 5.56 Å². The highest BCUT2D eigenvalue weighted by molar-refractivity contribution is 7.80. The molecule has 84 valence electrons. The summed E-state index contributed by atoms with van der Waals surface area (Å²) in [6.07, 6.45) is 1.07. The summed E-state index contributed by atoms with van der Waals surface area (Å²) >= 11 is 4.49. The molecule has 0 unspecified atom stereocenters. The highest BCUT2D eigenvalue weighted by Crippen LogP contribution is 2.01. The van der Waals surface area contributed by atoms with Crippen LogP contribution in [-0.4, -0.2) is 28.5 Å². The molecule has 0 aliphatic carbocycles. The smallest absolute Gasteiger partial charge is 0.423 e. The van der Waals surface area contributed by atoms with E-state index in [0.717, 1.165) is 6.21 Å². The van der Waals surface area contributed by atoms with E-state index in [4.69, 9.17) is 15.8 Å². The maximum atomic E-state index is 13.3. The van der Waals surface area contributed by atoms with Gasteiger partial charge in [0.15, 0.2) is 5.11 Å². The molecule has 0 aliphatic heterocycles. The van der Waals surface area contributed by atoms with Crippen LogP contribution in [0.1, 0.15) is 5.56 Å². The lowest BCUT2D eigenvalue weighted by Crippen LogP contribution is -2.34. The van der Waals surface area contributed by atoms with E-state index >= 15 is 0 Å². The van der Waals surface area contributed by atoms with E-state index in [1.165, 1.54) is 18.2 Å². The van der Waals surface area contributed by atoms with Crippen LogP contribution in [0.5, 0.6) is 0 Å². The number of halogens is 1. The van der Waals surface area contributed by atoms with E-state index in [0.29, 0.717) is 0 Å². The second-order valence-corrected chi connectivity index (χ2v) is 3.29. The lowest BCUT2D eigenvalue weighted by molar-refractivity contribution is 0.425. The summed E-state index contributed by atoms with van der Waals surface area (Å²) in [5.41, 5.74) is 7.31. The molecular weight excluding hydrogens is 232 g/mol. The Hall–Kier alpha value is -1.51. The summed E-state index contributed by atoms with van der Waals surface area (Å²) in [5.74, 6) is -0.626. The van der Waals surface area contributed by atoms with Crippen molar-refractivity contribution in [2.45, 2.75) is 0 Å². The van der Waals surface area contributed by atoms with Gasteiger partial charge in [-0.05, 0) is 23.7 Å². The zero-order valence-corrected chi connectivity index (χ0v) is 8.91. The topological polar surface area (TPSA) is 90.9 Å². The molecule has 5 N–H and O–H groups in total. The van der Waals surface area contributed by atoms with Crippen LogP contribution in [0, 0.1) is 5.82 Å². The lowest BCUT2D eigenvalue weighted by Gasteiger charge is -2.05. The Morgan fingerprint density at radius 3 is 2.81 bits per heavy atom. The number of hydrogen-bond donors (Lipinski definition) is 4. The minimum Gasteiger partial charge on any atom is -0.423 e. The Balaban J connectivity index is 3.01. The van der Waals surface area contributed by atoms with Crippen LogP contribution >= 0.6 is 12.2 Å². The van der Waals surface area contributed by atoms with Gasteiger partial charge >= 0.3 is 7.12 Å². The van der Waals surface area contributed by atoms with Crippen molar-refractivity contribution in [1.29, 1.82) is 0 Å². The summed E-state index contributed by atoms with van der Waals surface area (Å²) in [7, 11) is -1.78. The second kappa shape index (κ2) is 5.54. The molecule has 0 radical (unpaired) electrons. The Labute approximate surface area is 96.9 Å². The third kappa shape index (κ3) is 3.26. The summed E-state index contributed by atoms with van der Waals surface area (Å²) in [4.78, 5) is 0. The third-order valence-corrected chi connectivity index (χ3v) is 1.82. The Bertz CT molecular complexity index is 428. The summed E-state index contributed by atoms with van der Waals surface area (Å²) in [6.45, 7) is 0. The summed E-state index contributed by atoms with van der Waals surface area (Å²) in [5, 5.41) is 21.5. The number of hydrogen-bond acceptors (Lipinski definition) is 4. The Kier molecular flexibility index (Phi) is 4.35. The molecule has 1 aromatic rings. The molecular formula is C8H9BFN3O2S. The number of rotatable bonds is 3. The fraction of sp³-hybridized carbons (Fsp3) is 0. The van der Waals surface area contributed by atoms with E-state index in [1.807, 2.05) is 0 Å². The van der Waals surface area contributed by atoms with Crippen molar-refractivity contribution in [3.05, 3.63) is 29.6 Å². The number of thiocarbonyl (C=S) groups is 1. The zero-order valence-electron chi connectivity index (χ0n) is 8.09. The van der Waals surface area contributed by atoms with Crippen molar-refractivity contribution in [2.75, 3.05) is 0 Å². The molecule has 0 saturated carbocycles. The minimum atomic E-state index is -1.78. The van der Waals surface area contributed by atoms with Gasteiger partial charge < -0.3 is 15.8 Å². The molecule has 0 aliphatic rings. The van der Waals surface area contributed by atoms with E-state index < -0.39 is 12.9 Å². The van der Waals surface area contributed by atoms with Crippen molar-refractivity contribution in [3.8, 4) is 0 Å². The molecule has 0 saturated heterocycles. The average molecular weight is 241 g/mol. The summed E-state index contributed by atoms with van der Waals surface area (Å²) < 4.78 is 13.3. The first-order chi connectivity index (χ1) is 7.52. The summed E-state index contributed by atoms with van der Waals surface area (Å²) in [6, 6.07) is 3.91. The van der Waals surface area contributed by atoms with Crippen molar-refractivity contribution < 1.29 is 14.4 Å². The number of nitrogens with two attached hydrogens (primary N) is 1. The van der Waals surface area contributed by atoms with Crippen molar-refractivity contribution in [3.63, 3.8) is 0 Å². The average Bonchev–Trinajstić information content (AvgIpc) is 2.19. The van der Waals surface area contributed by atoms with Crippen LogP contribution in [0.15, 0.2) is 23.3 Å². The Morgan fingerprint density at radius 2 is 2.25 bits per heavy atom. The second-order valence-electron chi connectivity index (χ2n) is 2.85. The molecule has 16 heavy (non-hydrogen) atoms. The van der Waals surface area contributed by atoms with E-state index in [9.17, 15) is 4.39 Å². The van der Waals surface area contributed by atoms with Gasteiger partial charge in [-0.15, -0.1) is 0 Å². The van der Waals surface area contributed by atoms with Gasteiger partial charge in [0.2, 0.25) is 0 Å². The maximum Gasteiger partial charge on any atom is 0.489 e. The fourth-order valence-corrected chi connectivity index (χ4v) is 1.13. The van der Waals surface area contributed by atoms with Crippen LogP contribution in [0.4, 0.5) is 4.39 Å². The molecule has 1 aromatic carbocycles. The van der Waals surface area contributed by atoms with Gasteiger partial charge in [0.05, 0.1) is 6.21 Å². The SMILES string of the molecule is NC(=S)NN=Cc1c(F)cccc1B(O)O. The normalized spacial score (nSPS) is 10.4. The minimum absolute atomic E-state index is 0.00786. The Morgan fingerprint density at radius 1 is 1.56 bits per heavy atom. The molecule has 0 bridgehead atoms. The van der Waals surface area contributed by atoms with Crippen LogP contribution < -0.4 is 16.6 Å². The monoisotopic (exact) mass is 241 g/mol. The van der Waals surface area contributed by atoms with Crippen LogP contribution in [0.2, 0.25) is 0 Å². The van der Waals surface area contributed by atoms with Crippen molar-refractivity contribution in [1.82, 2.24) is 5.43 Å². The van der Waals surface area contributed by atoms with Crippen molar-refractivity contribution in [2.24, 2.45) is 10.8 Å². The van der Waals surface area contributed by atoms with Crippen LogP contribution in [0.3, 0.4) is 0 Å². The number of nitrogens with one attached hydrogen (secondary N) is 1. The van der Waals surface area contributed by atoms with Crippen LogP contribution in [-0.2, 0) is 0 Å². The van der Waals surface area contributed by atoms with E-state index in [-0.39, 0.29) is 16.1 Å². The van der Waals surface area contributed by atoms with E-state index in [1.54, 1.807) is 0 Å². The molecule has 8 heteroatoms. The molecule has 0 amide bonds. The molecule has 5 nitrogen and oxygen atoms in total. The first kappa shape index (κ1) is 12.6. The quantitative estimate of drug-likeness (QED) is 0.228. The maximum absolute atomic E-state index is 13.3. The zero-order chi connectivity index (χ0) is 12.1. The molecule has 0 aromatic heterocycles. The predicted octanol–water partition coefficient (Wildman–Crippen LogP) is -1.33. The van der Waals surface area contributed by atoms with Gasteiger partial charge in [0.1, 0.15) is 5.82 Å². The largest absolute Gasteiger partial charge is 0.489 e. The number of benzene rings is 1. The molecule has 0 spiro atoms. The molecule has 1 rings (SSSR count). The molecule has 0 atom stereocenters. The molecule has 0 heterocycles. The van der Waals surface area contributed by atoms with Gasteiger partial charge in [-0.2, -0.15) is 5.10 Å². The standard InChI is InChI=1S/C8H9BFN3O2S/c10-7-3-1-2-6(9(14)15)5(7)4-12-13-8(11)16/h1-4,14-15H,(H3,11,13,16). The van der Waals surface area contributed by atoms with Gasteiger partial charge in [-0.3, -0.25) is 5.43 Å². The highest BCUT2D eigenvalue weighted by atomic mass is 32.1. The lowest BCUT2D eigenvalue weighted by atomic mass is 9.77. The third-order valence-electron chi connectivity index (χ3n) is 1.73.